The number of nitriles is 2. The van der Waals surface area contributed by atoms with E-state index in [1.54, 1.807) is 18.2 Å². The van der Waals surface area contributed by atoms with E-state index in [0.29, 0.717) is 11.4 Å². The predicted molar refractivity (Wildman–Crippen MR) is 65.3 cm³/mol. The second-order valence-corrected chi connectivity index (χ2v) is 3.49. The highest BCUT2D eigenvalue weighted by atomic mass is 17.1. The summed E-state index contributed by atoms with van der Waals surface area (Å²) in [6, 6.07) is 8.03. The second kappa shape index (κ2) is 5.95. The number of anilines is 1. The van der Waals surface area contributed by atoms with Crippen molar-refractivity contribution in [2.24, 2.45) is 0 Å². The molecule has 98 valence electrons. The molecule has 1 aromatic heterocycles. The van der Waals surface area contributed by atoms with Gasteiger partial charge in [0.2, 0.25) is 0 Å². The maximum Gasteiger partial charge on any atom is 0.169 e. The maximum atomic E-state index is 8.74. The molecular weight excluding hydrogens is 262 g/mol. The molecule has 0 radical (unpaired) electrons. The highest BCUT2D eigenvalue weighted by Crippen LogP contribution is 2.22. The van der Waals surface area contributed by atoms with Crippen LogP contribution in [0, 0.1) is 22.7 Å². The van der Waals surface area contributed by atoms with Crippen LogP contribution >= 0.6 is 0 Å². The molecule has 0 aliphatic heterocycles. The van der Waals surface area contributed by atoms with Gasteiger partial charge in [0.25, 0.3) is 0 Å². The SMILES string of the molecule is N#CC(C#N)=CNc1cc(OO)cc(-n2cnnn2)c1. The van der Waals surface area contributed by atoms with E-state index in [1.807, 2.05) is 0 Å². The molecule has 2 aromatic rings. The molecule has 0 spiro atoms. The maximum absolute atomic E-state index is 8.74. The second-order valence-electron chi connectivity index (χ2n) is 3.49. The molecule has 2 rings (SSSR count). The van der Waals surface area contributed by atoms with E-state index in [4.69, 9.17) is 15.8 Å². The van der Waals surface area contributed by atoms with Crippen LogP contribution in [-0.4, -0.2) is 25.5 Å². The van der Waals surface area contributed by atoms with Crippen LogP contribution in [-0.2, 0) is 0 Å². The molecule has 0 saturated carbocycles. The van der Waals surface area contributed by atoms with Gasteiger partial charge in [-0.1, -0.05) is 0 Å². The molecule has 0 unspecified atom stereocenters. The Balaban J connectivity index is 2.35. The van der Waals surface area contributed by atoms with Gasteiger partial charge in [-0.2, -0.15) is 10.5 Å². The molecule has 0 amide bonds. The van der Waals surface area contributed by atoms with Crippen LogP contribution in [0.25, 0.3) is 5.69 Å². The van der Waals surface area contributed by atoms with Crippen molar-refractivity contribution >= 4 is 5.69 Å². The number of benzene rings is 1. The van der Waals surface area contributed by atoms with Crippen molar-refractivity contribution in [2.45, 2.75) is 0 Å². The minimum Gasteiger partial charge on any atom is -0.360 e. The molecule has 1 aromatic carbocycles. The molecule has 0 aliphatic carbocycles. The van der Waals surface area contributed by atoms with Crippen LogP contribution in [0.5, 0.6) is 5.75 Å². The quantitative estimate of drug-likeness (QED) is 0.474. The zero-order valence-corrected chi connectivity index (χ0v) is 9.93. The van der Waals surface area contributed by atoms with E-state index in [0.717, 1.165) is 0 Å². The van der Waals surface area contributed by atoms with Crippen molar-refractivity contribution in [3.8, 4) is 23.6 Å². The predicted octanol–water partition coefficient (Wildman–Crippen LogP) is 0.857. The lowest BCUT2D eigenvalue weighted by Gasteiger charge is -2.07. The van der Waals surface area contributed by atoms with Crippen molar-refractivity contribution < 1.29 is 10.1 Å². The molecule has 0 aliphatic rings. The number of aromatic nitrogens is 4. The summed E-state index contributed by atoms with van der Waals surface area (Å²) in [5, 5.41) is 39.4. The normalized spacial score (nSPS) is 9.15. The average Bonchev–Trinajstić information content (AvgIpc) is 3.02. The summed E-state index contributed by atoms with van der Waals surface area (Å²) in [5.74, 6) is 0.143. The van der Waals surface area contributed by atoms with Crippen molar-refractivity contribution in [1.82, 2.24) is 20.2 Å². The lowest BCUT2D eigenvalue weighted by atomic mass is 10.2. The molecular formula is C11H7N7O2. The van der Waals surface area contributed by atoms with Gasteiger partial charge in [-0.05, 0) is 16.5 Å². The van der Waals surface area contributed by atoms with Crippen molar-refractivity contribution in [3.05, 3.63) is 36.3 Å². The summed E-state index contributed by atoms with van der Waals surface area (Å²) < 4.78 is 1.35. The van der Waals surface area contributed by atoms with Gasteiger partial charge in [0.15, 0.2) is 5.75 Å². The smallest absolute Gasteiger partial charge is 0.169 e. The number of nitrogens with one attached hydrogen (secondary N) is 1. The summed E-state index contributed by atoms with van der Waals surface area (Å²) in [4.78, 5) is 4.18. The third-order valence-electron chi connectivity index (χ3n) is 2.23. The Hall–Kier alpha value is -3.43. The number of hydrogen-bond donors (Lipinski definition) is 2. The highest BCUT2D eigenvalue weighted by molar-refractivity contribution is 5.58. The Kier molecular flexibility index (Phi) is 3.87. The number of tetrazole rings is 1. The van der Waals surface area contributed by atoms with Crippen LogP contribution in [0.3, 0.4) is 0 Å². The summed E-state index contributed by atoms with van der Waals surface area (Å²) >= 11 is 0. The van der Waals surface area contributed by atoms with Gasteiger partial charge in [0.1, 0.15) is 24.0 Å². The Morgan fingerprint density at radius 3 is 2.75 bits per heavy atom. The van der Waals surface area contributed by atoms with E-state index in [9.17, 15) is 0 Å². The van der Waals surface area contributed by atoms with Crippen LogP contribution in [0.4, 0.5) is 5.69 Å². The van der Waals surface area contributed by atoms with Crippen LogP contribution in [0.2, 0.25) is 0 Å². The van der Waals surface area contributed by atoms with Crippen LogP contribution in [0.1, 0.15) is 0 Å². The summed E-state index contributed by atoms with van der Waals surface area (Å²) in [6.07, 6.45) is 2.60. The van der Waals surface area contributed by atoms with Gasteiger partial charge >= 0.3 is 0 Å². The zero-order chi connectivity index (χ0) is 14.4. The Morgan fingerprint density at radius 2 is 2.15 bits per heavy atom. The first-order valence-electron chi connectivity index (χ1n) is 5.23. The molecule has 2 N–H and O–H groups in total. The van der Waals surface area contributed by atoms with Gasteiger partial charge in [-0.15, -0.1) is 5.10 Å². The van der Waals surface area contributed by atoms with E-state index >= 15 is 0 Å². The third kappa shape index (κ3) is 2.87. The van der Waals surface area contributed by atoms with Crippen LogP contribution in [0.15, 0.2) is 36.3 Å². The minimum atomic E-state index is -0.0932. The highest BCUT2D eigenvalue weighted by Gasteiger charge is 2.05. The summed E-state index contributed by atoms with van der Waals surface area (Å²) in [7, 11) is 0. The first kappa shape index (κ1) is 13.0. The molecule has 9 nitrogen and oxygen atoms in total. The standard InChI is InChI=1S/C11H7N7O2/c12-4-8(5-13)6-14-9-1-10(3-11(2-9)20-19)18-7-15-16-17-18/h1-3,6-7,14,19H. The monoisotopic (exact) mass is 269 g/mol. The number of hydrogen-bond acceptors (Lipinski definition) is 8. The fraction of sp³-hybridized carbons (Fsp3) is 0. The van der Waals surface area contributed by atoms with Crippen LogP contribution < -0.4 is 10.2 Å². The largest absolute Gasteiger partial charge is 0.360 e. The Morgan fingerprint density at radius 1 is 1.35 bits per heavy atom. The molecule has 20 heavy (non-hydrogen) atoms. The van der Waals surface area contributed by atoms with E-state index in [-0.39, 0.29) is 11.3 Å². The molecule has 0 fully saturated rings. The molecule has 0 bridgehead atoms. The van der Waals surface area contributed by atoms with Crippen molar-refractivity contribution in [3.63, 3.8) is 0 Å². The molecule has 0 saturated heterocycles. The minimum absolute atomic E-state index is 0.0932. The fourth-order valence-corrected chi connectivity index (χ4v) is 1.38. The van der Waals surface area contributed by atoms with Gasteiger partial charge in [-0.25, -0.2) is 9.94 Å². The molecule has 9 heteroatoms. The third-order valence-corrected chi connectivity index (χ3v) is 2.23. The molecule has 1 heterocycles. The van der Waals surface area contributed by atoms with Gasteiger partial charge in [0, 0.05) is 24.0 Å². The van der Waals surface area contributed by atoms with Crippen molar-refractivity contribution in [1.29, 1.82) is 10.5 Å². The van der Waals surface area contributed by atoms with E-state index in [1.165, 1.54) is 29.3 Å². The Labute approximate surface area is 112 Å². The number of rotatable bonds is 4. The van der Waals surface area contributed by atoms with Crippen molar-refractivity contribution in [2.75, 3.05) is 5.32 Å². The van der Waals surface area contributed by atoms with E-state index in [2.05, 4.69) is 25.7 Å². The Bertz CT molecular complexity index is 693. The van der Waals surface area contributed by atoms with Gasteiger partial charge in [0.05, 0.1) is 5.69 Å². The number of allylic oxidation sites excluding steroid dienone is 1. The van der Waals surface area contributed by atoms with Gasteiger partial charge < -0.3 is 10.2 Å². The summed E-state index contributed by atoms with van der Waals surface area (Å²) in [6.45, 7) is 0. The first-order valence-corrected chi connectivity index (χ1v) is 5.23. The number of nitrogens with zero attached hydrogens (tertiary/aromatic N) is 6. The topological polar surface area (TPSA) is 133 Å². The van der Waals surface area contributed by atoms with E-state index < -0.39 is 0 Å². The lowest BCUT2D eigenvalue weighted by Crippen LogP contribution is -1.99. The average molecular weight is 269 g/mol. The first-order chi connectivity index (χ1) is 9.76. The van der Waals surface area contributed by atoms with Gasteiger partial charge in [-0.3, -0.25) is 0 Å². The summed E-state index contributed by atoms with van der Waals surface area (Å²) in [5.41, 5.74) is 0.905. The fourth-order valence-electron chi connectivity index (χ4n) is 1.38. The zero-order valence-electron chi connectivity index (χ0n) is 9.93. The lowest BCUT2D eigenvalue weighted by molar-refractivity contribution is -0.137. The molecule has 0 atom stereocenters.